The van der Waals surface area contributed by atoms with E-state index in [1.165, 1.54) is 30.5 Å². The Hall–Kier alpha value is -3.58. The minimum absolute atomic E-state index is 0.0282. The number of rotatable bonds is 5. The molecule has 0 aliphatic heterocycles. The predicted octanol–water partition coefficient (Wildman–Crippen LogP) is 3.06. The first-order chi connectivity index (χ1) is 14.3. The third-order valence-corrected chi connectivity index (χ3v) is 5.31. The minimum atomic E-state index is -3.78. The molecule has 0 atom stereocenters. The molecule has 150 valence electrons. The van der Waals surface area contributed by atoms with Gasteiger partial charge in [0, 0.05) is 17.5 Å². The van der Waals surface area contributed by atoms with Gasteiger partial charge in [0.05, 0.1) is 4.90 Å². The van der Waals surface area contributed by atoms with E-state index in [1.54, 1.807) is 12.1 Å². The number of ketones is 1. The number of benzene rings is 3. The first-order valence-electron chi connectivity index (χ1n) is 8.62. The van der Waals surface area contributed by atoms with Crippen molar-refractivity contribution >= 4 is 49.6 Å². The maximum absolute atomic E-state index is 12.7. The molecule has 0 saturated carbocycles. The highest BCUT2D eigenvalue weighted by Crippen LogP contribution is 2.18. The van der Waals surface area contributed by atoms with E-state index in [2.05, 4.69) is 10.6 Å². The van der Waals surface area contributed by atoms with Crippen LogP contribution < -0.4 is 15.8 Å². The number of nitrogens with one attached hydrogen (secondary N) is 2. The lowest BCUT2D eigenvalue weighted by molar-refractivity contribution is 0.103. The van der Waals surface area contributed by atoms with Crippen LogP contribution in [-0.4, -0.2) is 19.3 Å². The summed E-state index contributed by atoms with van der Waals surface area (Å²) in [5, 5.41) is 21.9. The molecule has 30 heavy (non-hydrogen) atoms. The van der Waals surface area contributed by atoms with Gasteiger partial charge in [-0.3, -0.25) is 4.79 Å². The summed E-state index contributed by atoms with van der Waals surface area (Å²) in [4.78, 5) is 12.6. The number of carbonyl (C=O) groups is 1. The second-order valence-corrected chi connectivity index (χ2v) is 8.20. The number of primary sulfonamides is 1. The maximum atomic E-state index is 12.7. The molecule has 0 spiro atoms. The fourth-order valence-corrected chi connectivity index (χ4v) is 3.36. The highest BCUT2D eigenvalue weighted by atomic mass is 32.2. The second kappa shape index (κ2) is 8.84. The fraction of sp³-hybridized carbons (Fsp3) is 0. The van der Waals surface area contributed by atoms with Crippen molar-refractivity contribution in [3.05, 3.63) is 84.1 Å². The summed E-state index contributed by atoms with van der Waals surface area (Å²) >= 11 is 5.14. The van der Waals surface area contributed by atoms with E-state index in [-0.39, 0.29) is 15.6 Å². The van der Waals surface area contributed by atoms with Crippen molar-refractivity contribution in [3.63, 3.8) is 0 Å². The van der Waals surface area contributed by atoms with Crippen molar-refractivity contribution in [3.8, 4) is 6.07 Å². The number of carbonyl (C=O) groups excluding carboxylic acids is 1. The predicted molar refractivity (Wildman–Crippen MR) is 119 cm³/mol. The van der Waals surface area contributed by atoms with Crippen LogP contribution in [0.15, 0.2) is 83.4 Å². The Morgan fingerprint density at radius 1 is 1.03 bits per heavy atom. The number of hydrogen-bond donors (Lipinski definition) is 3. The van der Waals surface area contributed by atoms with E-state index in [4.69, 9.17) is 17.4 Å². The highest BCUT2D eigenvalue weighted by molar-refractivity contribution is 7.89. The highest BCUT2D eigenvalue weighted by Gasteiger charge is 2.13. The van der Waals surface area contributed by atoms with Crippen molar-refractivity contribution < 1.29 is 13.2 Å². The van der Waals surface area contributed by atoms with Crippen LogP contribution in [0.3, 0.4) is 0 Å². The lowest BCUT2D eigenvalue weighted by Crippen LogP contribution is -2.24. The van der Waals surface area contributed by atoms with E-state index < -0.39 is 15.8 Å². The summed E-state index contributed by atoms with van der Waals surface area (Å²) in [5.74, 6) is -0.434. The van der Waals surface area contributed by atoms with Gasteiger partial charge in [-0.2, -0.15) is 5.26 Å². The zero-order valence-electron chi connectivity index (χ0n) is 15.5. The van der Waals surface area contributed by atoms with Crippen molar-refractivity contribution in [1.82, 2.24) is 5.32 Å². The van der Waals surface area contributed by atoms with Gasteiger partial charge in [0.2, 0.25) is 15.8 Å². The first kappa shape index (κ1) is 21.1. The summed E-state index contributed by atoms with van der Waals surface area (Å²) in [5.41, 5.74) is 0.785. The van der Waals surface area contributed by atoms with Crippen molar-refractivity contribution in [2.45, 2.75) is 4.90 Å². The maximum Gasteiger partial charge on any atom is 0.238 e. The number of anilines is 1. The summed E-state index contributed by atoms with van der Waals surface area (Å²) in [6.07, 6.45) is 1.23. The van der Waals surface area contributed by atoms with Crippen molar-refractivity contribution in [2.24, 2.45) is 5.14 Å². The number of Topliss-reactive ketones (excluding diaryl/α,β-unsaturated/α-hetero) is 1. The van der Waals surface area contributed by atoms with Gasteiger partial charge in [-0.1, -0.05) is 36.4 Å². The summed E-state index contributed by atoms with van der Waals surface area (Å²) in [6, 6.07) is 20.3. The molecule has 0 radical (unpaired) electrons. The first-order valence-corrected chi connectivity index (χ1v) is 10.6. The third kappa shape index (κ3) is 5.07. The Balaban J connectivity index is 1.70. The Morgan fingerprint density at radius 3 is 2.33 bits per heavy atom. The van der Waals surface area contributed by atoms with Crippen LogP contribution in [0.2, 0.25) is 0 Å². The van der Waals surface area contributed by atoms with Crippen LogP contribution in [0, 0.1) is 11.3 Å². The van der Waals surface area contributed by atoms with Gasteiger partial charge in [0.15, 0.2) is 5.11 Å². The lowest BCUT2D eigenvalue weighted by Gasteiger charge is -2.09. The molecule has 3 rings (SSSR count). The smallest absolute Gasteiger partial charge is 0.238 e. The molecule has 3 aromatic rings. The number of nitrogens with two attached hydrogens (primary N) is 1. The SMILES string of the molecule is N#C/C(=C/NC(=S)Nc1ccc(S(N)(=O)=O)cc1)C(=O)c1ccc2ccccc2c1. The fourth-order valence-electron chi connectivity index (χ4n) is 2.67. The molecule has 0 amide bonds. The number of hydrogen-bond acceptors (Lipinski definition) is 5. The Bertz CT molecular complexity index is 1310. The van der Waals surface area contributed by atoms with Crippen molar-refractivity contribution in [2.75, 3.05) is 5.32 Å². The van der Waals surface area contributed by atoms with E-state index in [9.17, 15) is 18.5 Å². The number of allylic oxidation sites excluding steroid dienone is 1. The summed E-state index contributed by atoms with van der Waals surface area (Å²) in [7, 11) is -3.78. The molecule has 0 bridgehead atoms. The molecule has 3 aromatic carbocycles. The van der Waals surface area contributed by atoms with Gasteiger partial charge in [-0.05, 0) is 53.3 Å². The third-order valence-electron chi connectivity index (χ3n) is 4.17. The zero-order valence-corrected chi connectivity index (χ0v) is 17.1. The molecular formula is C21H16N4O3S2. The van der Waals surface area contributed by atoms with Crippen LogP contribution in [0.1, 0.15) is 10.4 Å². The van der Waals surface area contributed by atoms with Crippen LogP contribution >= 0.6 is 12.2 Å². The standard InChI is InChI=1S/C21H16N4O3S2/c22-12-17(20(26)16-6-5-14-3-1-2-4-15(14)11-16)13-24-21(29)25-18-7-9-19(10-8-18)30(23,27)28/h1-11,13H,(H2,23,27,28)(H2,24,25,29)/b17-13-. The largest absolute Gasteiger partial charge is 0.338 e. The number of fused-ring (bicyclic) bond motifs is 1. The molecule has 0 aliphatic rings. The van der Waals surface area contributed by atoms with Gasteiger partial charge in [0.25, 0.3) is 0 Å². The zero-order chi connectivity index (χ0) is 21.7. The van der Waals surface area contributed by atoms with E-state index >= 15 is 0 Å². The summed E-state index contributed by atoms with van der Waals surface area (Å²) in [6.45, 7) is 0. The van der Waals surface area contributed by atoms with Crippen LogP contribution in [-0.2, 0) is 10.0 Å². The Labute approximate surface area is 178 Å². The van der Waals surface area contributed by atoms with Crippen LogP contribution in [0.4, 0.5) is 5.69 Å². The average molecular weight is 437 g/mol. The van der Waals surface area contributed by atoms with Crippen molar-refractivity contribution in [1.29, 1.82) is 5.26 Å². The molecule has 0 heterocycles. The lowest BCUT2D eigenvalue weighted by atomic mass is 10.0. The van der Waals surface area contributed by atoms with Gasteiger partial charge in [-0.25, -0.2) is 13.6 Å². The van der Waals surface area contributed by atoms with Crippen LogP contribution in [0.25, 0.3) is 10.8 Å². The Morgan fingerprint density at radius 2 is 1.70 bits per heavy atom. The average Bonchev–Trinajstić information content (AvgIpc) is 2.73. The van der Waals surface area contributed by atoms with E-state index in [0.29, 0.717) is 11.3 Å². The molecule has 9 heteroatoms. The molecule has 0 fully saturated rings. The molecular weight excluding hydrogens is 420 g/mol. The molecule has 0 saturated heterocycles. The molecule has 0 aliphatic carbocycles. The molecule has 0 aromatic heterocycles. The van der Waals surface area contributed by atoms with Gasteiger partial charge < -0.3 is 10.6 Å². The van der Waals surface area contributed by atoms with Crippen LogP contribution in [0.5, 0.6) is 0 Å². The topological polar surface area (TPSA) is 125 Å². The Kier molecular flexibility index (Phi) is 6.23. The van der Waals surface area contributed by atoms with E-state index in [1.807, 2.05) is 36.4 Å². The van der Waals surface area contributed by atoms with Gasteiger partial charge in [0.1, 0.15) is 11.6 Å². The molecule has 7 nitrogen and oxygen atoms in total. The normalized spacial score (nSPS) is 11.5. The number of sulfonamides is 1. The molecule has 4 N–H and O–H groups in total. The number of thiocarbonyl (C=S) groups is 1. The van der Waals surface area contributed by atoms with Gasteiger partial charge >= 0.3 is 0 Å². The quantitative estimate of drug-likeness (QED) is 0.243. The van der Waals surface area contributed by atoms with E-state index in [0.717, 1.165) is 10.8 Å². The monoisotopic (exact) mass is 436 g/mol. The second-order valence-electron chi connectivity index (χ2n) is 6.23. The summed E-state index contributed by atoms with van der Waals surface area (Å²) < 4.78 is 22.6. The number of nitriles is 1. The van der Waals surface area contributed by atoms with Gasteiger partial charge in [-0.15, -0.1) is 0 Å². The number of nitrogens with zero attached hydrogens (tertiary/aromatic N) is 1. The molecule has 0 unspecified atom stereocenters. The minimum Gasteiger partial charge on any atom is -0.338 e.